The second-order valence-corrected chi connectivity index (χ2v) is 5.59. The Hall–Kier alpha value is -3.35. The molecular formula is C18H16N4O3. The van der Waals surface area contributed by atoms with E-state index in [1.54, 1.807) is 4.68 Å². The van der Waals surface area contributed by atoms with Crippen molar-refractivity contribution in [2.45, 2.75) is 13.0 Å². The van der Waals surface area contributed by atoms with Crippen molar-refractivity contribution in [3.05, 3.63) is 60.4 Å². The quantitative estimate of drug-likeness (QED) is 0.666. The van der Waals surface area contributed by atoms with Crippen LogP contribution in [0.3, 0.4) is 0 Å². The van der Waals surface area contributed by atoms with Gasteiger partial charge in [-0.25, -0.2) is 9.48 Å². The Balaban J connectivity index is 1.85. The summed E-state index contributed by atoms with van der Waals surface area (Å²) in [6, 6.07) is 17.8. The monoisotopic (exact) mass is 336 g/mol. The minimum atomic E-state index is -0.844. The van der Waals surface area contributed by atoms with Gasteiger partial charge in [-0.1, -0.05) is 30.3 Å². The molecule has 0 amide bonds. The summed E-state index contributed by atoms with van der Waals surface area (Å²) in [5.74, 6) is 0.682. The third-order valence-corrected chi connectivity index (χ3v) is 4.12. The van der Waals surface area contributed by atoms with Gasteiger partial charge in [0, 0.05) is 5.69 Å². The highest BCUT2D eigenvalue weighted by atomic mass is 16.7. The fourth-order valence-electron chi connectivity index (χ4n) is 3.03. The number of hydrogen-bond donors (Lipinski definition) is 0. The number of carbonyl (C=O) groups excluding carboxylic acids is 1. The summed E-state index contributed by atoms with van der Waals surface area (Å²) < 4.78 is 11.2. The largest absolute Gasteiger partial charge is 0.516 e. The van der Waals surface area contributed by atoms with Crippen LogP contribution in [0, 0.1) is 0 Å². The Morgan fingerprint density at radius 3 is 2.44 bits per heavy atom. The third kappa shape index (κ3) is 2.50. The first-order chi connectivity index (χ1) is 12.2. The van der Waals surface area contributed by atoms with Gasteiger partial charge in [0.15, 0.2) is 5.82 Å². The van der Waals surface area contributed by atoms with Crippen molar-refractivity contribution in [3.63, 3.8) is 0 Å². The molecular weight excluding hydrogens is 320 g/mol. The van der Waals surface area contributed by atoms with E-state index in [-0.39, 0.29) is 12.1 Å². The van der Waals surface area contributed by atoms with E-state index in [2.05, 4.69) is 19.7 Å². The molecule has 4 rings (SSSR count). The van der Waals surface area contributed by atoms with Gasteiger partial charge in [-0.2, -0.15) is 4.98 Å². The summed E-state index contributed by atoms with van der Waals surface area (Å²) >= 11 is 0. The summed E-state index contributed by atoms with van der Waals surface area (Å²) in [6.45, 7) is 2.03. The zero-order chi connectivity index (χ0) is 17.4. The van der Waals surface area contributed by atoms with Gasteiger partial charge in [-0.15, -0.1) is 5.10 Å². The second kappa shape index (κ2) is 5.94. The molecule has 1 atom stereocenters. The van der Waals surface area contributed by atoms with Gasteiger partial charge in [0.25, 0.3) is 0 Å². The lowest BCUT2D eigenvalue weighted by Gasteiger charge is -2.36. The smallest absolute Gasteiger partial charge is 0.437 e. The van der Waals surface area contributed by atoms with Gasteiger partial charge in [0.05, 0.1) is 24.5 Å². The highest BCUT2D eigenvalue weighted by molar-refractivity contribution is 5.74. The van der Waals surface area contributed by atoms with E-state index in [0.717, 1.165) is 17.1 Å². The third-order valence-electron chi connectivity index (χ3n) is 4.12. The molecule has 1 aromatic heterocycles. The van der Waals surface area contributed by atoms with E-state index in [0.29, 0.717) is 5.82 Å². The highest BCUT2D eigenvalue weighted by Gasteiger charge is 2.32. The maximum Gasteiger partial charge on any atom is 0.516 e. The fourth-order valence-corrected chi connectivity index (χ4v) is 3.03. The van der Waals surface area contributed by atoms with E-state index in [1.807, 2.05) is 61.5 Å². The first kappa shape index (κ1) is 15.2. The van der Waals surface area contributed by atoms with Crippen LogP contribution in [0.25, 0.3) is 5.69 Å². The average Bonchev–Trinajstić information content (AvgIpc) is 3.07. The summed E-state index contributed by atoms with van der Waals surface area (Å²) in [5.41, 5.74) is 2.92. The Morgan fingerprint density at radius 2 is 1.72 bits per heavy atom. The SMILES string of the molecule is COC(=O)Oc1nc2n(n1)-c1ccccc1N(c1ccccc1)C2C. The lowest BCUT2D eigenvalue weighted by molar-refractivity contribution is 0.117. The maximum absolute atomic E-state index is 11.4. The molecule has 7 nitrogen and oxygen atoms in total. The number of fused-ring (bicyclic) bond motifs is 3. The summed E-state index contributed by atoms with van der Waals surface area (Å²) in [4.78, 5) is 17.9. The van der Waals surface area contributed by atoms with Crippen LogP contribution in [0.1, 0.15) is 18.8 Å². The number of rotatable bonds is 2. The van der Waals surface area contributed by atoms with Crippen LogP contribution in [0.15, 0.2) is 54.6 Å². The minimum Gasteiger partial charge on any atom is -0.437 e. The summed E-state index contributed by atoms with van der Waals surface area (Å²) in [5, 5.41) is 4.31. The van der Waals surface area contributed by atoms with Gasteiger partial charge in [0.1, 0.15) is 0 Å². The standard InChI is InChI=1S/C18H16N4O3/c1-12-16-19-17(25-18(23)24-2)20-22(16)15-11-7-6-10-14(15)21(12)13-8-4-3-5-9-13/h3-12H,1-2H3. The van der Waals surface area contributed by atoms with Crippen molar-refractivity contribution in [1.29, 1.82) is 0 Å². The molecule has 1 aliphatic rings. The molecule has 126 valence electrons. The topological polar surface area (TPSA) is 69.5 Å². The molecule has 0 radical (unpaired) electrons. The molecule has 0 N–H and O–H groups in total. The lowest BCUT2D eigenvalue weighted by atomic mass is 10.1. The van der Waals surface area contributed by atoms with Gasteiger partial charge in [-0.05, 0) is 31.2 Å². The molecule has 2 aromatic carbocycles. The number of para-hydroxylation sites is 3. The van der Waals surface area contributed by atoms with E-state index in [4.69, 9.17) is 4.74 Å². The molecule has 0 aliphatic carbocycles. The van der Waals surface area contributed by atoms with E-state index in [1.165, 1.54) is 7.11 Å². The summed E-state index contributed by atoms with van der Waals surface area (Å²) in [6.07, 6.45) is -0.844. The molecule has 0 fully saturated rings. The Bertz CT molecular complexity index is 923. The zero-order valence-corrected chi connectivity index (χ0v) is 13.8. The van der Waals surface area contributed by atoms with Crippen LogP contribution in [0.2, 0.25) is 0 Å². The lowest BCUT2D eigenvalue weighted by Crippen LogP contribution is -2.29. The minimum absolute atomic E-state index is 0.0292. The molecule has 25 heavy (non-hydrogen) atoms. The van der Waals surface area contributed by atoms with Crippen molar-refractivity contribution < 1.29 is 14.3 Å². The molecule has 1 aliphatic heterocycles. The van der Waals surface area contributed by atoms with Crippen LogP contribution >= 0.6 is 0 Å². The molecule has 0 saturated heterocycles. The van der Waals surface area contributed by atoms with Crippen molar-refractivity contribution in [2.24, 2.45) is 0 Å². The van der Waals surface area contributed by atoms with Gasteiger partial charge < -0.3 is 14.4 Å². The predicted molar refractivity (Wildman–Crippen MR) is 91.4 cm³/mol. The van der Waals surface area contributed by atoms with Crippen molar-refractivity contribution >= 4 is 17.5 Å². The Morgan fingerprint density at radius 1 is 1.04 bits per heavy atom. The predicted octanol–water partition coefficient (Wildman–Crippen LogP) is 3.63. The number of nitrogens with zero attached hydrogens (tertiary/aromatic N) is 4. The fraction of sp³-hybridized carbons (Fsp3) is 0.167. The van der Waals surface area contributed by atoms with Crippen LogP contribution in [0.4, 0.5) is 16.2 Å². The first-order valence-electron chi connectivity index (χ1n) is 7.85. The Kier molecular flexibility index (Phi) is 3.61. The molecule has 3 aromatic rings. The van der Waals surface area contributed by atoms with Crippen molar-refractivity contribution in [1.82, 2.24) is 14.8 Å². The number of benzene rings is 2. The number of aromatic nitrogens is 3. The van der Waals surface area contributed by atoms with E-state index >= 15 is 0 Å². The van der Waals surface area contributed by atoms with Crippen LogP contribution in [-0.4, -0.2) is 28.0 Å². The van der Waals surface area contributed by atoms with Gasteiger partial charge >= 0.3 is 12.2 Å². The number of ether oxygens (including phenoxy) is 2. The number of hydrogen-bond acceptors (Lipinski definition) is 6. The number of methoxy groups -OCH3 is 1. The van der Waals surface area contributed by atoms with Gasteiger partial charge in [-0.3, -0.25) is 0 Å². The molecule has 0 saturated carbocycles. The van der Waals surface area contributed by atoms with Crippen LogP contribution < -0.4 is 9.64 Å². The van der Waals surface area contributed by atoms with Crippen LogP contribution in [0.5, 0.6) is 6.01 Å². The average molecular weight is 336 g/mol. The van der Waals surface area contributed by atoms with E-state index < -0.39 is 6.16 Å². The number of carbonyl (C=O) groups is 1. The first-order valence-corrected chi connectivity index (χ1v) is 7.85. The summed E-state index contributed by atoms with van der Waals surface area (Å²) in [7, 11) is 1.24. The van der Waals surface area contributed by atoms with Gasteiger partial charge in [0.2, 0.25) is 0 Å². The van der Waals surface area contributed by atoms with Crippen molar-refractivity contribution in [3.8, 4) is 11.7 Å². The molecule has 0 bridgehead atoms. The maximum atomic E-state index is 11.4. The Labute approximate surface area is 144 Å². The number of anilines is 2. The normalized spacial score (nSPS) is 15.3. The van der Waals surface area contributed by atoms with Crippen molar-refractivity contribution in [2.75, 3.05) is 12.0 Å². The van der Waals surface area contributed by atoms with E-state index in [9.17, 15) is 4.79 Å². The zero-order valence-electron chi connectivity index (χ0n) is 13.8. The van der Waals surface area contributed by atoms with Crippen LogP contribution in [-0.2, 0) is 4.74 Å². The highest BCUT2D eigenvalue weighted by Crippen LogP contribution is 2.42. The molecule has 1 unspecified atom stereocenters. The molecule has 2 heterocycles. The molecule has 0 spiro atoms. The second-order valence-electron chi connectivity index (χ2n) is 5.59. The molecule has 7 heteroatoms.